The van der Waals surface area contributed by atoms with Gasteiger partial charge < -0.3 is 10.1 Å². The molecule has 0 aromatic carbocycles. The second kappa shape index (κ2) is 9.35. The molecule has 118 valence electrons. The van der Waals surface area contributed by atoms with Gasteiger partial charge in [-0.15, -0.1) is 0 Å². The number of nitrogens with one attached hydrogen (secondary N) is 1. The van der Waals surface area contributed by atoms with E-state index in [0.29, 0.717) is 18.7 Å². The second-order valence-corrected chi connectivity index (χ2v) is 5.91. The van der Waals surface area contributed by atoms with Crippen molar-refractivity contribution in [2.24, 2.45) is 0 Å². The van der Waals surface area contributed by atoms with Crippen LogP contribution in [0.5, 0.6) is 0 Å². The van der Waals surface area contributed by atoms with Gasteiger partial charge in [-0.3, -0.25) is 9.69 Å². The van der Waals surface area contributed by atoms with E-state index in [9.17, 15) is 4.79 Å². The van der Waals surface area contributed by atoms with Crippen LogP contribution in [0.25, 0.3) is 0 Å². The highest BCUT2D eigenvalue weighted by atomic mass is 16.5. The Morgan fingerprint density at radius 2 is 1.95 bits per heavy atom. The number of piperidine rings is 1. The van der Waals surface area contributed by atoms with E-state index < -0.39 is 0 Å². The lowest BCUT2D eigenvalue weighted by Crippen LogP contribution is -2.47. The zero-order valence-electron chi connectivity index (χ0n) is 13.7. The predicted molar refractivity (Wildman–Crippen MR) is 82.8 cm³/mol. The molecule has 1 fully saturated rings. The molecule has 0 aliphatic carbocycles. The van der Waals surface area contributed by atoms with Gasteiger partial charge in [0.05, 0.1) is 6.61 Å². The molecule has 1 heterocycles. The molecule has 1 aliphatic heterocycles. The SMILES string of the molecule is CCCNC(CCN1C(C)CCCC1C)C(=O)OCC. The minimum atomic E-state index is -0.156. The van der Waals surface area contributed by atoms with Crippen LogP contribution in [0, 0.1) is 0 Å². The molecule has 20 heavy (non-hydrogen) atoms. The van der Waals surface area contributed by atoms with Crippen molar-refractivity contribution in [1.29, 1.82) is 0 Å². The summed E-state index contributed by atoms with van der Waals surface area (Å²) in [6.45, 7) is 10.9. The van der Waals surface area contributed by atoms with E-state index in [-0.39, 0.29) is 12.0 Å². The third kappa shape index (κ3) is 5.41. The molecule has 0 amide bonds. The van der Waals surface area contributed by atoms with Crippen molar-refractivity contribution in [3.8, 4) is 0 Å². The fourth-order valence-electron chi connectivity index (χ4n) is 3.06. The lowest BCUT2D eigenvalue weighted by molar-refractivity contribution is -0.146. The summed E-state index contributed by atoms with van der Waals surface area (Å²) in [4.78, 5) is 14.5. The Bertz CT molecular complexity index is 274. The Labute approximate surface area is 124 Å². The van der Waals surface area contributed by atoms with Crippen LogP contribution >= 0.6 is 0 Å². The summed E-state index contributed by atoms with van der Waals surface area (Å²) in [7, 11) is 0. The zero-order chi connectivity index (χ0) is 15.0. The third-order valence-corrected chi connectivity index (χ3v) is 4.26. The number of hydrogen-bond acceptors (Lipinski definition) is 4. The van der Waals surface area contributed by atoms with Gasteiger partial charge in [0, 0.05) is 18.6 Å². The first-order chi connectivity index (χ1) is 9.60. The van der Waals surface area contributed by atoms with Gasteiger partial charge in [0.2, 0.25) is 0 Å². The molecule has 0 radical (unpaired) electrons. The lowest BCUT2D eigenvalue weighted by atomic mass is 9.97. The summed E-state index contributed by atoms with van der Waals surface area (Å²) in [5.41, 5.74) is 0. The largest absolute Gasteiger partial charge is 0.465 e. The van der Waals surface area contributed by atoms with Gasteiger partial charge >= 0.3 is 5.97 Å². The molecular weight excluding hydrogens is 252 g/mol. The van der Waals surface area contributed by atoms with Crippen molar-refractivity contribution < 1.29 is 9.53 Å². The van der Waals surface area contributed by atoms with Crippen LogP contribution in [0.1, 0.15) is 59.8 Å². The van der Waals surface area contributed by atoms with Crippen LogP contribution in [0.4, 0.5) is 0 Å². The molecular formula is C16H32N2O2. The Kier molecular flexibility index (Phi) is 8.15. The Morgan fingerprint density at radius 3 is 2.50 bits per heavy atom. The molecule has 1 aliphatic rings. The molecule has 1 saturated heterocycles. The van der Waals surface area contributed by atoms with E-state index in [1.165, 1.54) is 19.3 Å². The van der Waals surface area contributed by atoms with Gasteiger partial charge in [-0.25, -0.2) is 0 Å². The summed E-state index contributed by atoms with van der Waals surface area (Å²) in [6.07, 6.45) is 5.75. The highest BCUT2D eigenvalue weighted by Gasteiger charge is 2.27. The number of hydrogen-bond donors (Lipinski definition) is 1. The molecule has 3 unspecified atom stereocenters. The van der Waals surface area contributed by atoms with E-state index in [0.717, 1.165) is 25.9 Å². The van der Waals surface area contributed by atoms with E-state index >= 15 is 0 Å². The smallest absolute Gasteiger partial charge is 0.323 e. The van der Waals surface area contributed by atoms with Gasteiger partial charge in [0.15, 0.2) is 0 Å². The van der Waals surface area contributed by atoms with Gasteiger partial charge in [-0.05, 0) is 53.0 Å². The molecule has 0 aromatic rings. The Balaban J connectivity index is 2.49. The lowest BCUT2D eigenvalue weighted by Gasteiger charge is -2.39. The average molecular weight is 284 g/mol. The van der Waals surface area contributed by atoms with E-state index in [1.54, 1.807) is 0 Å². The molecule has 0 saturated carbocycles. The maximum atomic E-state index is 12.0. The zero-order valence-corrected chi connectivity index (χ0v) is 13.7. The number of nitrogens with zero attached hydrogens (tertiary/aromatic N) is 1. The van der Waals surface area contributed by atoms with E-state index in [4.69, 9.17) is 4.74 Å². The fourth-order valence-corrected chi connectivity index (χ4v) is 3.06. The van der Waals surface area contributed by atoms with Gasteiger partial charge in [0.1, 0.15) is 6.04 Å². The molecule has 4 nitrogen and oxygen atoms in total. The molecule has 1 rings (SSSR count). The van der Waals surface area contributed by atoms with Gasteiger partial charge in [0.25, 0.3) is 0 Å². The maximum Gasteiger partial charge on any atom is 0.323 e. The molecule has 3 atom stereocenters. The first kappa shape index (κ1) is 17.4. The van der Waals surface area contributed by atoms with Crippen molar-refractivity contribution >= 4 is 5.97 Å². The number of carbonyl (C=O) groups is 1. The summed E-state index contributed by atoms with van der Waals surface area (Å²) in [6, 6.07) is 1.11. The highest BCUT2D eigenvalue weighted by molar-refractivity contribution is 5.75. The highest BCUT2D eigenvalue weighted by Crippen LogP contribution is 2.22. The molecule has 0 aromatic heterocycles. The van der Waals surface area contributed by atoms with Crippen LogP contribution in [-0.4, -0.2) is 48.7 Å². The van der Waals surface area contributed by atoms with Gasteiger partial charge in [-0.2, -0.15) is 0 Å². The maximum absolute atomic E-state index is 12.0. The third-order valence-electron chi connectivity index (χ3n) is 4.26. The summed E-state index contributed by atoms with van der Waals surface area (Å²) in [5.74, 6) is -0.0988. The van der Waals surface area contributed by atoms with Crippen molar-refractivity contribution in [3.05, 3.63) is 0 Å². The number of ether oxygens (including phenoxy) is 1. The van der Waals surface area contributed by atoms with Crippen LogP contribution < -0.4 is 5.32 Å². The van der Waals surface area contributed by atoms with Crippen molar-refractivity contribution in [2.45, 2.75) is 77.9 Å². The number of likely N-dealkylation sites (tertiary alicyclic amines) is 1. The number of carbonyl (C=O) groups excluding carboxylic acids is 1. The standard InChI is InChI=1S/C16H32N2O2/c1-5-11-17-15(16(19)20-6-2)10-12-18-13(3)8-7-9-14(18)4/h13-15,17H,5-12H2,1-4H3. The molecule has 0 spiro atoms. The fraction of sp³-hybridized carbons (Fsp3) is 0.938. The van der Waals surface area contributed by atoms with Crippen LogP contribution in [0.15, 0.2) is 0 Å². The first-order valence-electron chi connectivity index (χ1n) is 8.25. The van der Waals surface area contributed by atoms with Crippen molar-refractivity contribution in [3.63, 3.8) is 0 Å². The van der Waals surface area contributed by atoms with Crippen molar-refractivity contribution in [1.82, 2.24) is 10.2 Å². The quantitative estimate of drug-likeness (QED) is 0.696. The number of rotatable bonds is 8. The normalized spacial score (nSPS) is 25.4. The van der Waals surface area contributed by atoms with Crippen LogP contribution in [0.3, 0.4) is 0 Å². The summed E-state index contributed by atoms with van der Waals surface area (Å²) < 4.78 is 5.17. The summed E-state index contributed by atoms with van der Waals surface area (Å²) >= 11 is 0. The molecule has 1 N–H and O–H groups in total. The van der Waals surface area contributed by atoms with Crippen molar-refractivity contribution in [2.75, 3.05) is 19.7 Å². The molecule has 0 bridgehead atoms. The van der Waals surface area contributed by atoms with Gasteiger partial charge in [-0.1, -0.05) is 13.3 Å². The van der Waals surface area contributed by atoms with E-state index in [1.807, 2.05) is 6.92 Å². The molecule has 4 heteroatoms. The second-order valence-electron chi connectivity index (χ2n) is 5.91. The first-order valence-corrected chi connectivity index (χ1v) is 8.25. The minimum Gasteiger partial charge on any atom is -0.465 e. The average Bonchev–Trinajstić information content (AvgIpc) is 2.41. The number of esters is 1. The van der Waals surface area contributed by atoms with Crippen LogP contribution in [0.2, 0.25) is 0 Å². The topological polar surface area (TPSA) is 41.6 Å². The predicted octanol–water partition coefficient (Wildman–Crippen LogP) is 2.57. The van der Waals surface area contributed by atoms with Crippen LogP contribution in [-0.2, 0) is 9.53 Å². The Hall–Kier alpha value is -0.610. The minimum absolute atomic E-state index is 0.0988. The van der Waals surface area contributed by atoms with E-state index in [2.05, 4.69) is 31.0 Å². The monoisotopic (exact) mass is 284 g/mol. The Morgan fingerprint density at radius 1 is 1.30 bits per heavy atom. The summed E-state index contributed by atoms with van der Waals surface area (Å²) in [5, 5.41) is 3.32.